The molecule has 0 spiro atoms. The summed E-state index contributed by atoms with van der Waals surface area (Å²) < 4.78 is 0.998. The van der Waals surface area contributed by atoms with Crippen LogP contribution in [-0.4, -0.2) is 33.2 Å². The van der Waals surface area contributed by atoms with Crippen LogP contribution in [0.2, 0.25) is 5.02 Å². The van der Waals surface area contributed by atoms with Gasteiger partial charge in [-0.15, -0.1) is 22.7 Å². The molecule has 1 aliphatic heterocycles. The van der Waals surface area contributed by atoms with Crippen LogP contribution in [0.3, 0.4) is 0 Å². The maximum Gasteiger partial charge on any atom is 0.268 e. The molecule has 9 heteroatoms. The van der Waals surface area contributed by atoms with Crippen molar-refractivity contribution in [2.45, 2.75) is 13.0 Å². The zero-order valence-electron chi connectivity index (χ0n) is 15.6. The molecule has 0 saturated heterocycles. The van der Waals surface area contributed by atoms with Gasteiger partial charge in [-0.05, 0) is 17.5 Å². The van der Waals surface area contributed by atoms with Gasteiger partial charge in [0.25, 0.3) is 11.8 Å². The molecule has 30 heavy (non-hydrogen) atoms. The molecule has 1 aromatic carbocycles. The third-order valence-electron chi connectivity index (χ3n) is 4.92. The molecule has 1 aliphatic rings. The van der Waals surface area contributed by atoms with Crippen molar-refractivity contribution in [3.05, 3.63) is 74.0 Å². The number of hydrogen-bond acceptors (Lipinski definition) is 6. The Labute approximate surface area is 185 Å². The molecule has 0 atom stereocenters. The minimum atomic E-state index is -0.225. The number of nitrogens with one attached hydrogen (secondary N) is 1. The van der Waals surface area contributed by atoms with E-state index in [1.54, 1.807) is 17.2 Å². The standard InChI is InChI=1S/C21H15ClN4O2S2/c22-17-13-4-1-2-5-15(13)30-18(17)20(28)26-8-7-14-12(11-26)10-23-21(24-14)25-19(27)16-6-3-9-29-16/h1-6,9-10H,7-8,11H2,(H,23,24,25,27). The van der Waals surface area contributed by atoms with Gasteiger partial charge in [0.1, 0.15) is 4.88 Å². The summed E-state index contributed by atoms with van der Waals surface area (Å²) in [6.07, 6.45) is 2.27. The van der Waals surface area contributed by atoms with E-state index in [0.717, 1.165) is 21.3 Å². The van der Waals surface area contributed by atoms with E-state index in [2.05, 4.69) is 15.3 Å². The van der Waals surface area contributed by atoms with Crippen LogP contribution in [-0.2, 0) is 13.0 Å². The lowest BCUT2D eigenvalue weighted by molar-refractivity contribution is 0.0738. The lowest BCUT2D eigenvalue weighted by Crippen LogP contribution is -2.36. The highest BCUT2D eigenvalue weighted by Gasteiger charge is 2.27. The van der Waals surface area contributed by atoms with Crippen molar-refractivity contribution >= 4 is 62.1 Å². The van der Waals surface area contributed by atoms with Gasteiger partial charge < -0.3 is 4.90 Å². The number of fused-ring (bicyclic) bond motifs is 2. The van der Waals surface area contributed by atoms with E-state index in [9.17, 15) is 9.59 Å². The fourth-order valence-electron chi connectivity index (χ4n) is 3.42. The van der Waals surface area contributed by atoms with Crippen LogP contribution >= 0.6 is 34.3 Å². The Morgan fingerprint density at radius 1 is 1.17 bits per heavy atom. The smallest absolute Gasteiger partial charge is 0.268 e. The molecule has 0 unspecified atom stereocenters. The Hall–Kier alpha value is -2.81. The van der Waals surface area contributed by atoms with E-state index in [1.807, 2.05) is 35.7 Å². The number of aromatic nitrogens is 2. The maximum atomic E-state index is 13.1. The number of nitrogens with zero attached hydrogens (tertiary/aromatic N) is 3. The van der Waals surface area contributed by atoms with Crippen molar-refractivity contribution in [3.8, 4) is 0 Å². The Bertz CT molecular complexity index is 1270. The molecular formula is C21H15ClN4O2S2. The van der Waals surface area contributed by atoms with Crippen LogP contribution in [0.4, 0.5) is 5.95 Å². The molecule has 6 nitrogen and oxygen atoms in total. The van der Waals surface area contributed by atoms with Crippen molar-refractivity contribution in [2.24, 2.45) is 0 Å². The maximum absolute atomic E-state index is 13.1. The molecule has 5 rings (SSSR count). The highest BCUT2D eigenvalue weighted by molar-refractivity contribution is 7.21. The lowest BCUT2D eigenvalue weighted by atomic mass is 10.1. The third kappa shape index (κ3) is 3.47. The van der Waals surface area contributed by atoms with E-state index < -0.39 is 0 Å². The summed E-state index contributed by atoms with van der Waals surface area (Å²) in [6.45, 7) is 0.948. The third-order valence-corrected chi connectivity index (χ3v) is 7.45. The zero-order chi connectivity index (χ0) is 20.7. The Morgan fingerprint density at radius 2 is 2.03 bits per heavy atom. The van der Waals surface area contributed by atoms with Gasteiger partial charge in [-0.25, -0.2) is 9.97 Å². The quantitative estimate of drug-likeness (QED) is 0.479. The molecular weight excluding hydrogens is 440 g/mol. The topological polar surface area (TPSA) is 75.2 Å². The molecule has 150 valence electrons. The minimum Gasteiger partial charge on any atom is -0.333 e. The van der Waals surface area contributed by atoms with Crippen molar-refractivity contribution in [1.82, 2.24) is 14.9 Å². The van der Waals surface area contributed by atoms with Gasteiger partial charge in [-0.2, -0.15) is 0 Å². The van der Waals surface area contributed by atoms with Crippen LogP contribution < -0.4 is 5.32 Å². The summed E-state index contributed by atoms with van der Waals surface area (Å²) in [6, 6.07) is 11.3. The molecule has 0 aliphatic carbocycles. The largest absolute Gasteiger partial charge is 0.333 e. The molecule has 3 aromatic heterocycles. The van der Waals surface area contributed by atoms with Crippen LogP contribution in [0.25, 0.3) is 10.1 Å². The monoisotopic (exact) mass is 454 g/mol. The Morgan fingerprint density at radius 3 is 2.83 bits per heavy atom. The Balaban J connectivity index is 1.34. The predicted molar refractivity (Wildman–Crippen MR) is 120 cm³/mol. The number of halogens is 1. The Kier molecular flexibility index (Phi) is 4.98. The molecule has 4 aromatic rings. The number of hydrogen-bond donors (Lipinski definition) is 1. The number of amides is 2. The van der Waals surface area contributed by atoms with Gasteiger partial charge in [0, 0.05) is 41.4 Å². The summed E-state index contributed by atoms with van der Waals surface area (Å²) in [4.78, 5) is 37.0. The second-order valence-electron chi connectivity index (χ2n) is 6.82. The van der Waals surface area contributed by atoms with Gasteiger partial charge >= 0.3 is 0 Å². The minimum absolute atomic E-state index is 0.0816. The van der Waals surface area contributed by atoms with Gasteiger partial charge in [0.05, 0.1) is 15.6 Å². The second-order valence-corrected chi connectivity index (χ2v) is 9.19. The fourth-order valence-corrected chi connectivity index (χ4v) is 5.51. The van der Waals surface area contributed by atoms with Crippen molar-refractivity contribution < 1.29 is 9.59 Å². The first kappa shape index (κ1) is 19.2. The number of anilines is 1. The van der Waals surface area contributed by atoms with Crippen LogP contribution in [0.1, 0.15) is 30.6 Å². The highest BCUT2D eigenvalue weighted by atomic mass is 35.5. The van der Waals surface area contributed by atoms with Crippen LogP contribution in [0.5, 0.6) is 0 Å². The first-order valence-corrected chi connectivity index (χ1v) is 11.3. The van der Waals surface area contributed by atoms with Crippen LogP contribution in [0.15, 0.2) is 48.0 Å². The fraction of sp³-hybridized carbons (Fsp3) is 0.143. The van der Waals surface area contributed by atoms with E-state index in [1.165, 1.54) is 22.7 Å². The molecule has 1 N–H and O–H groups in total. The van der Waals surface area contributed by atoms with E-state index in [0.29, 0.717) is 34.3 Å². The second kappa shape index (κ2) is 7.79. The number of benzene rings is 1. The van der Waals surface area contributed by atoms with Gasteiger partial charge in [0.15, 0.2) is 0 Å². The molecule has 2 amide bonds. The molecule has 0 radical (unpaired) electrons. The number of carbonyl (C=O) groups excluding carboxylic acids is 2. The van der Waals surface area contributed by atoms with Crippen molar-refractivity contribution in [1.29, 1.82) is 0 Å². The highest BCUT2D eigenvalue weighted by Crippen LogP contribution is 2.36. The molecule has 0 bridgehead atoms. The van der Waals surface area contributed by atoms with Gasteiger partial charge in [-0.3, -0.25) is 14.9 Å². The summed E-state index contributed by atoms with van der Waals surface area (Å²) in [5.74, 6) is -0.0293. The summed E-state index contributed by atoms with van der Waals surface area (Å²) in [5, 5.41) is 5.98. The van der Waals surface area contributed by atoms with Gasteiger partial charge in [-0.1, -0.05) is 35.9 Å². The van der Waals surface area contributed by atoms with Gasteiger partial charge in [0.2, 0.25) is 5.95 Å². The normalized spacial score (nSPS) is 13.3. The number of rotatable bonds is 3. The lowest BCUT2D eigenvalue weighted by Gasteiger charge is -2.28. The van der Waals surface area contributed by atoms with Crippen LogP contribution in [0, 0.1) is 0 Å². The van der Waals surface area contributed by atoms with E-state index in [-0.39, 0.29) is 17.8 Å². The van der Waals surface area contributed by atoms with E-state index >= 15 is 0 Å². The average Bonchev–Trinajstić information content (AvgIpc) is 3.42. The SMILES string of the molecule is O=C(Nc1ncc2c(n1)CCN(C(=O)c1sc3ccccc3c1Cl)C2)c1cccs1. The van der Waals surface area contributed by atoms with Crippen molar-refractivity contribution in [3.63, 3.8) is 0 Å². The summed E-state index contributed by atoms with van der Waals surface area (Å²) in [7, 11) is 0. The predicted octanol–water partition coefficient (Wildman–Crippen LogP) is 4.86. The summed E-state index contributed by atoms with van der Waals surface area (Å²) in [5.41, 5.74) is 1.72. The molecule has 4 heterocycles. The van der Waals surface area contributed by atoms with E-state index in [4.69, 9.17) is 11.6 Å². The number of carbonyl (C=O) groups is 2. The average molecular weight is 455 g/mol. The first-order valence-electron chi connectivity index (χ1n) is 9.26. The van der Waals surface area contributed by atoms with Crippen molar-refractivity contribution in [2.75, 3.05) is 11.9 Å². The summed E-state index contributed by atoms with van der Waals surface area (Å²) >= 11 is 9.26. The first-order chi connectivity index (χ1) is 14.6. The molecule has 0 fully saturated rings. The zero-order valence-corrected chi connectivity index (χ0v) is 18.0. The molecule has 0 saturated carbocycles. The number of thiophene rings is 2.